The van der Waals surface area contributed by atoms with Crippen molar-refractivity contribution in [2.45, 2.75) is 39.5 Å². The molecule has 0 spiro atoms. The molecule has 20 heavy (non-hydrogen) atoms. The molecule has 0 aromatic rings. The molecule has 118 valence electrons. The second kappa shape index (κ2) is 10.00. The van der Waals surface area contributed by atoms with E-state index in [0.29, 0.717) is 12.5 Å². The van der Waals surface area contributed by atoms with Crippen LogP contribution in [0.1, 0.15) is 39.5 Å². The van der Waals surface area contributed by atoms with Gasteiger partial charge >= 0.3 is 6.09 Å². The minimum absolute atomic E-state index is 0.149. The monoisotopic (exact) mass is 285 g/mol. The molecule has 5 nitrogen and oxygen atoms in total. The van der Waals surface area contributed by atoms with Crippen molar-refractivity contribution >= 4 is 6.09 Å². The highest BCUT2D eigenvalue weighted by molar-refractivity contribution is 5.67. The lowest BCUT2D eigenvalue weighted by Crippen LogP contribution is -2.36. The number of ether oxygens (including phenoxy) is 1. The first kappa shape index (κ1) is 17.2. The molecule has 1 fully saturated rings. The molecule has 0 radical (unpaired) electrons. The Balaban J connectivity index is 2.22. The van der Waals surface area contributed by atoms with Crippen molar-refractivity contribution in [2.75, 3.05) is 45.9 Å². The fourth-order valence-electron chi connectivity index (χ4n) is 2.36. The van der Waals surface area contributed by atoms with Gasteiger partial charge in [0.05, 0.1) is 6.61 Å². The normalized spacial score (nSPS) is 17.3. The molecule has 5 heteroatoms. The second-order valence-electron chi connectivity index (χ2n) is 6.00. The average Bonchev–Trinajstić information content (AvgIpc) is 2.66. The summed E-state index contributed by atoms with van der Waals surface area (Å²) in [6.07, 6.45) is 4.40. The third kappa shape index (κ3) is 7.10. The molecule has 0 aromatic carbocycles. The molecule has 1 heterocycles. The average molecular weight is 285 g/mol. The van der Waals surface area contributed by atoms with Gasteiger partial charge in [0.15, 0.2) is 0 Å². The highest BCUT2D eigenvalue weighted by atomic mass is 16.6. The summed E-state index contributed by atoms with van der Waals surface area (Å²) in [7, 11) is 0. The zero-order valence-corrected chi connectivity index (χ0v) is 13.1. The van der Waals surface area contributed by atoms with Crippen LogP contribution in [0.2, 0.25) is 0 Å². The predicted molar refractivity (Wildman–Crippen MR) is 81.7 cm³/mol. The van der Waals surface area contributed by atoms with Gasteiger partial charge in [-0.05, 0) is 44.8 Å². The minimum Gasteiger partial charge on any atom is -0.449 e. The van der Waals surface area contributed by atoms with Crippen molar-refractivity contribution in [3.05, 3.63) is 0 Å². The van der Waals surface area contributed by atoms with Gasteiger partial charge in [0.2, 0.25) is 0 Å². The van der Waals surface area contributed by atoms with Crippen molar-refractivity contribution in [3.63, 3.8) is 0 Å². The molecule has 2 N–H and O–H groups in total. The number of nitrogens with two attached hydrogens (primary N) is 1. The Kier molecular flexibility index (Phi) is 8.62. The van der Waals surface area contributed by atoms with E-state index < -0.39 is 0 Å². The van der Waals surface area contributed by atoms with Crippen LogP contribution in [0, 0.1) is 5.92 Å². The second-order valence-corrected chi connectivity index (χ2v) is 6.00. The number of hydrogen-bond donors (Lipinski definition) is 1. The lowest BCUT2D eigenvalue weighted by molar-refractivity contribution is 0.0930. The van der Waals surface area contributed by atoms with Crippen molar-refractivity contribution in [3.8, 4) is 0 Å². The zero-order valence-electron chi connectivity index (χ0n) is 13.1. The van der Waals surface area contributed by atoms with Crippen LogP contribution in [0.3, 0.4) is 0 Å². The van der Waals surface area contributed by atoms with Crippen molar-refractivity contribution in [1.82, 2.24) is 9.80 Å². The standard InChI is InChI=1S/C15H31N3O2/c1-14(2)13-20-15(19)18-10-6-9-17(11-12-18)8-5-3-4-7-16/h14H,3-13,16H2,1-2H3. The van der Waals surface area contributed by atoms with Crippen molar-refractivity contribution in [2.24, 2.45) is 11.7 Å². The molecule has 1 amide bonds. The lowest BCUT2D eigenvalue weighted by atomic mass is 10.2. The summed E-state index contributed by atoms with van der Waals surface area (Å²) in [4.78, 5) is 16.2. The first-order chi connectivity index (χ1) is 9.63. The van der Waals surface area contributed by atoms with E-state index >= 15 is 0 Å². The Bertz CT molecular complexity index is 272. The Morgan fingerprint density at radius 2 is 1.95 bits per heavy atom. The zero-order chi connectivity index (χ0) is 14.8. The molecule has 1 aliphatic heterocycles. The predicted octanol–water partition coefficient (Wildman–Crippen LogP) is 1.92. The van der Waals surface area contributed by atoms with E-state index in [1.807, 2.05) is 4.90 Å². The Morgan fingerprint density at radius 1 is 1.15 bits per heavy atom. The first-order valence-electron chi connectivity index (χ1n) is 7.97. The minimum atomic E-state index is -0.149. The van der Waals surface area contributed by atoms with Crippen LogP contribution in [0.4, 0.5) is 4.79 Å². The summed E-state index contributed by atoms with van der Waals surface area (Å²) in [5.74, 6) is 0.393. The van der Waals surface area contributed by atoms with Crippen LogP contribution < -0.4 is 5.73 Å². The molecule has 0 unspecified atom stereocenters. The van der Waals surface area contributed by atoms with Gasteiger partial charge in [-0.3, -0.25) is 0 Å². The molecule has 0 saturated carbocycles. The van der Waals surface area contributed by atoms with E-state index in [1.165, 1.54) is 12.8 Å². The summed E-state index contributed by atoms with van der Waals surface area (Å²) in [5.41, 5.74) is 5.50. The maximum Gasteiger partial charge on any atom is 0.409 e. The number of carbonyl (C=O) groups excluding carboxylic acids is 1. The van der Waals surface area contributed by atoms with E-state index in [0.717, 1.165) is 52.1 Å². The molecule has 0 aromatic heterocycles. The van der Waals surface area contributed by atoms with Gasteiger partial charge in [-0.25, -0.2) is 4.79 Å². The van der Waals surface area contributed by atoms with Crippen LogP contribution in [-0.2, 0) is 4.74 Å². The summed E-state index contributed by atoms with van der Waals surface area (Å²) < 4.78 is 5.30. The molecule has 1 rings (SSSR count). The van der Waals surface area contributed by atoms with E-state index in [4.69, 9.17) is 10.5 Å². The molecule has 0 bridgehead atoms. The maximum atomic E-state index is 11.9. The first-order valence-corrected chi connectivity index (χ1v) is 7.97. The van der Waals surface area contributed by atoms with Crippen LogP contribution in [0.15, 0.2) is 0 Å². The fraction of sp³-hybridized carbons (Fsp3) is 0.933. The number of nitrogens with zero attached hydrogens (tertiary/aromatic N) is 2. The maximum absolute atomic E-state index is 11.9. The number of rotatable bonds is 7. The van der Waals surface area contributed by atoms with E-state index in [9.17, 15) is 4.79 Å². The Hall–Kier alpha value is -0.810. The highest BCUT2D eigenvalue weighted by Crippen LogP contribution is 2.07. The van der Waals surface area contributed by atoms with Gasteiger partial charge in [0, 0.05) is 19.6 Å². The van der Waals surface area contributed by atoms with Gasteiger partial charge in [-0.15, -0.1) is 0 Å². The van der Waals surface area contributed by atoms with Gasteiger partial charge in [-0.1, -0.05) is 20.3 Å². The van der Waals surface area contributed by atoms with Crippen molar-refractivity contribution in [1.29, 1.82) is 0 Å². The SMILES string of the molecule is CC(C)COC(=O)N1CCCN(CCCCCN)CC1. The summed E-state index contributed by atoms with van der Waals surface area (Å²) in [6, 6.07) is 0. The van der Waals surface area contributed by atoms with Crippen LogP contribution in [-0.4, -0.2) is 61.8 Å². The van der Waals surface area contributed by atoms with Crippen LogP contribution in [0.5, 0.6) is 0 Å². The number of unbranched alkanes of at least 4 members (excludes halogenated alkanes) is 2. The molecule has 1 aliphatic rings. The van der Waals surface area contributed by atoms with Gasteiger partial charge in [0.25, 0.3) is 0 Å². The van der Waals surface area contributed by atoms with E-state index in [2.05, 4.69) is 18.7 Å². The molecule has 0 aliphatic carbocycles. The van der Waals surface area contributed by atoms with E-state index in [-0.39, 0.29) is 6.09 Å². The third-order valence-corrected chi connectivity index (χ3v) is 3.57. The van der Waals surface area contributed by atoms with Crippen LogP contribution >= 0.6 is 0 Å². The smallest absolute Gasteiger partial charge is 0.409 e. The Labute approximate surface area is 123 Å². The largest absolute Gasteiger partial charge is 0.449 e. The fourth-order valence-corrected chi connectivity index (χ4v) is 2.36. The summed E-state index contributed by atoms with van der Waals surface area (Å²) in [6.45, 7) is 10.2. The molecular weight excluding hydrogens is 254 g/mol. The van der Waals surface area contributed by atoms with Crippen molar-refractivity contribution < 1.29 is 9.53 Å². The molecule has 0 atom stereocenters. The molecular formula is C15H31N3O2. The summed E-state index contributed by atoms with van der Waals surface area (Å²) in [5, 5.41) is 0. The lowest BCUT2D eigenvalue weighted by Gasteiger charge is -2.22. The van der Waals surface area contributed by atoms with Gasteiger partial charge in [0.1, 0.15) is 0 Å². The summed E-state index contributed by atoms with van der Waals surface area (Å²) >= 11 is 0. The number of amides is 1. The topological polar surface area (TPSA) is 58.8 Å². The van der Waals surface area contributed by atoms with Crippen LogP contribution in [0.25, 0.3) is 0 Å². The third-order valence-electron chi connectivity index (χ3n) is 3.57. The molecule has 1 saturated heterocycles. The quantitative estimate of drug-likeness (QED) is 0.726. The van der Waals surface area contributed by atoms with Gasteiger partial charge < -0.3 is 20.3 Å². The Morgan fingerprint density at radius 3 is 2.65 bits per heavy atom. The highest BCUT2D eigenvalue weighted by Gasteiger charge is 2.19. The number of carbonyl (C=O) groups is 1. The number of hydrogen-bond acceptors (Lipinski definition) is 4. The van der Waals surface area contributed by atoms with Gasteiger partial charge in [-0.2, -0.15) is 0 Å². The van der Waals surface area contributed by atoms with E-state index in [1.54, 1.807) is 0 Å².